The lowest BCUT2D eigenvalue weighted by Crippen LogP contribution is -2.37. The van der Waals surface area contributed by atoms with Crippen LogP contribution >= 0.6 is 12.2 Å². The molecule has 0 fully saturated rings. The summed E-state index contributed by atoms with van der Waals surface area (Å²) in [6.07, 6.45) is 6.91. The lowest BCUT2D eigenvalue weighted by atomic mass is 9.99. The smallest absolute Gasteiger partial charge is 0.166 e. The van der Waals surface area contributed by atoms with E-state index < -0.39 is 0 Å². The van der Waals surface area contributed by atoms with Crippen LogP contribution in [-0.4, -0.2) is 18.2 Å². The van der Waals surface area contributed by atoms with Gasteiger partial charge in [0.25, 0.3) is 0 Å². The summed E-state index contributed by atoms with van der Waals surface area (Å²) in [7, 11) is 0. The van der Waals surface area contributed by atoms with Crippen LogP contribution in [0.4, 0.5) is 0 Å². The summed E-state index contributed by atoms with van der Waals surface area (Å²) in [6.45, 7) is 9.82. The van der Waals surface area contributed by atoms with Crippen LogP contribution in [0.2, 0.25) is 0 Å². The van der Waals surface area contributed by atoms with E-state index in [9.17, 15) is 0 Å². The second kappa shape index (κ2) is 9.97. The first-order chi connectivity index (χ1) is 7.24. The molecule has 0 aromatic rings. The third-order valence-electron chi connectivity index (χ3n) is 2.50. The standard InChI is InChI=1S/C12H24N2S/c1-4-7-8-11(6-3)10-14-12(15)13-9-5-2/h5,11H,2,4,6-10H2,1,3H3,(H2,13,14,15). The normalized spacial score (nSPS) is 11.9. The van der Waals surface area contributed by atoms with E-state index in [1.54, 1.807) is 0 Å². The summed E-state index contributed by atoms with van der Waals surface area (Å²) in [6, 6.07) is 0. The fraction of sp³-hybridized carbons (Fsp3) is 0.750. The van der Waals surface area contributed by atoms with Crippen molar-refractivity contribution in [3.63, 3.8) is 0 Å². The maximum absolute atomic E-state index is 5.13. The minimum absolute atomic E-state index is 0.734. The molecule has 0 spiro atoms. The molecule has 1 atom stereocenters. The van der Waals surface area contributed by atoms with Gasteiger partial charge in [-0.05, 0) is 24.6 Å². The van der Waals surface area contributed by atoms with Crippen molar-refractivity contribution in [2.24, 2.45) is 5.92 Å². The molecular weight excluding hydrogens is 204 g/mol. The van der Waals surface area contributed by atoms with Gasteiger partial charge in [-0.15, -0.1) is 6.58 Å². The van der Waals surface area contributed by atoms with Crippen molar-refractivity contribution in [1.29, 1.82) is 0 Å². The maximum atomic E-state index is 5.13. The molecule has 1 unspecified atom stereocenters. The van der Waals surface area contributed by atoms with Crippen LogP contribution in [0.25, 0.3) is 0 Å². The summed E-state index contributed by atoms with van der Waals surface area (Å²) < 4.78 is 0. The molecular formula is C12H24N2S. The Balaban J connectivity index is 3.59. The van der Waals surface area contributed by atoms with Crippen molar-refractivity contribution < 1.29 is 0 Å². The average Bonchev–Trinajstić information content (AvgIpc) is 2.26. The van der Waals surface area contributed by atoms with Gasteiger partial charge in [-0.2, -0.15) is 0 Å². The van der Waals surface area contributed by atoms with Crippen LogP contribution in [0.1, 0.15) is 39.5 Å². The Morgan fingerprint density at radius 1 is 1.40 bits per heavy atom. The molecule has 0 aliphatic rings. The zero-order valence-electron chi connectivity index (χ0n) is 10.0. The lowest BCUT2D eigenvalue weighted by molar-refractivity contribution is 0.445. The average molecular weight is 228 g/mol. The van der Waals surface area contributed by atoms with E-state index in [1.165, 1.54) is 25.7 Å². The van der Waals surface area contributed by atoms with Crippen molar-refractivity contribution in [3.05, 3.63) is 12.7 Å². The molecule has 0 rings (SSSR count). The molecule has 0 heterocycles. The van der Waals surface area contributed by atoms with Gasteiger partial charge in [0.1, 0.15) is 0 Å². The van der Waals surface area contributed by atoms with Gasteiger partial charge >= 0.3 is 0 Å². The highest BCUT2D eigenvalue weighted by Crippen LogP contribution is 2.10. The fourth-order valence-electron chi connectivity index (χ4n) is 1.41. The minimum atomic E-state index is 0.734. The largest absolute Gasteiger partial charge is 0.362 e. The highest BCUT2D eigenvalue weighted by Gasteiger charge is 2.05. The quantitative estimate of drug-likeness (QED) is 0.493. The zero-order chi connectivity index (χ0) is 11.5. The highest BCUT2D eigenvalue weighted by molar-refractivity contribution is 7.80. The van der Waals surface area contributed by atoms with Gasteiger partial charge in [0.15, 0.2) is 5.11 Å². The van der Waals surface area contributed by atoms with Gasteiger partial charge in [0.05, 0.1) is 0 Å². The second-order valence-electron chi connectivity index (χ2n) is 3.80. The first kappa shape index (κ1) is 14.4. The molecule has 0 aliphatic heterocycles. The lowest BCUT2D eigenvalue weighted by Gasteiger charge is -2.16. The van der Waals surface area contributed by atoms with Crippen molar-refractivity contribution in [2.45, 2.75) is 39.5 Å². The maximum Gasteiger partial charge on any atom is 0.166 e. The van der Waals surface area contributed by atoms with Crippen LogP contribution in [-0.2, 0) is 0 Å². The van der Waals surface area contributed by atoms with Crippen LogP contribution in [0.5, 0.6) is 0 Å². The SMILES string of the molecule is C=CCNC(=S)NCC(CC)CCCC. The number of thiocarbonyl (C=S) groups is 1. The van der Waals surface area contributed by atoms with Gasteiger partial charge in [-0.25, -0.2) is 0 Å². The molecule has 0 aliphatic carbocycles. The van der Waals surface area contributed by atoms with E-state index in [2.05, 4.69) is 31.1 Å². The van der Waals surface area contributed by atoms with Crippen LogP contribution in [0, 0.1) is 5.92 Å². The van der Waals surface area contributed by atoms with E-state index >= 15 is 0 Å². The topological polar surface area (TPSA) is 24.1 Å². The Kier molecular flexibility index (Phi) is 9.59. The van der Waals surface area contributed by atoms with Crippen LogP contribution < -0.4 is 10.6 Å². The van der Waals surface area contributed by atoms with Crippen LogP contribution in [0.3, 0.4) is 0 Å². The second-order valence-corrected chi connectivity index (χ2v) is 4.20. The molecule has 0 bridgehead atoms. The third kappa shape index (κ3) is 8.43. The van der Waals surface area contributed by atoms with Crippen LogP contribution in [0.15, 0.2) is 12.7 Å². The minimum Gasteiger partial charge on any atom is -0.362 e. The Morgan fingerprint density at radius 3 is 2.67 bits per heavy atom. The molecule has 0 aromatic heterocycles. The van der Waals surface area contributed by atoms with Crippen molar-refractivity contribution in [1.82, 2.24) is 10.6 Å². The van der Waals surface area contributed by atoms with Crippen molar-refractivity contribution >= 4 is 17.3 Å². The molecule has 88 valence electrons. The highest BCUT2D eigenvalue weighted by atomic mass is 32.1. The Morgan fingerprint density at radius 2 is 2.13 bits per heavy atom. The number of nitrogens with one attached hydrogen (secondary N) is 2. The number of unbranched alkanes of at least 4 members (excludes halogenated alkanes) is 1. The third-order valence-corrected chi connectivity index (χ3v) is 2.79. The number of rotatable bonds is 8. The molecule has 15 heavy (non-hydrogen) atoms. The van der Waals surface area contributed by atoms with Crippen molar-refractivity contribution in [3.8, 4) is 0 Å². The molecule has 3 heteroatoms. The number of hydrogen-bond donors (Lipinski definition) is 2. The number of hydrogen-bond acceptors (Lipinski definition) is 1. The van der Waals surface area contributed by atoms with Gasteiger partial charge in [0, 0.05) is 13.1 Å². The van der Waals surface area contributed by atoms with E-state index in [-0.39, 0.29) is 0 Å². The summed E-state index contributed by atoms with van der Waals surface area (Å²) in [4.78, 5) is 0. The van der Waals surface area contributed by atoms with Gasteiger partial charge in [0.2, 0.25) is 0 Å². The predicted octanol–water partition coefficient (Wildman–Crippen LogP) is 2.85. The first-order valence-corrected chi connectivity index (χ1v) is 6.27. The van der Waals surface area contributed by atoms with Gasteiger partial charge in [-0.1, -0.05) is 39.2 Å². The van der Waals surface area contributed by atoms with E-state index in [4.69, 9.17) is 12.2 Å². The molecule has 2 N–H and O–H groups in total. The van der Waals surface area contributed by atoms with E-state index in [1.807, 2.05) is 6.08 Å². The summed E-state index contributed by atoms with van der Waals surface area (Å²) >= 11 is 5.13. The molecule has 0 saturated carbocycles. The molecule has 0 saturated heterocycles. The predicted molar refractivity (Wildman–Crippen MR) is 72.1 cm³/mol. The monoisotopic (exact) mass is 228 g/mol. The molecule has 2 nitrogen and oxygen atoms in total. The van der Waals surface area contributed by atoms with Gasteiger partial charge < -0.3 is 10.6 Å². The Bertz CT molecular complexity index is 180. The Labute approximate surface area is 99.5 Å². The molecule has 0 amide bonds. The van der Waals surface area contributed by atoms with Gasteiger partial charge in [-0.3, -0.25) is 0 Å². The zero-order valence-corrected chi connectivity index (χ0v) is 10.8. The Hall–Kier alpha value is -0.570. The fourth-order valence-corrected chi connectivity index (χ4v) is 1.57. The first-order valence-electron chi connectivity index (χ1n) is 5.87. The summed E-state index contributed by atoms with van der Waals surface area (Å²) in [5, 5.41) is 7.06. The van der Waals surface area contributed by atoms with E-state index in [0.29, 0.717) is 0 Å². The molecule has 0 aromatic carbocycles. The molecule has 0 radical (unpaired) electrons. The van der Waals surface area contributed by atoms with E-state index in [0.717, 1.165) is 24.1 Å². The summed E-state index contributed by atoms with van der Waals surface area (Å²) in [5.41, 5.74) is 0. The van der Waals surface area contributed by atoms with Crippen molar-refractivity contribution in [2.75, 3.05) is 13.1 Å². The summed E-state index contributed by atoms with van der Waals surface area (Å²) in [5.74, 6) is 0.744.